The van der Waals surface area contributed by atoms with E-state index in [0.29, 0.717) is 12.5 Å². The molecule has 0 radical (unpaired) electrons. The first kappa shape index (κ1) is 20.2. The average molecular weight is 426 g/mol. The van der Waals surface area contributed by atoms with Crippen LogP contribution in [-0.2, 0) is 0 Å². The summed E-state index contributed by atoms with van der Waals surface area (Å²) in [6, 6.07) is 22.2. The van der Waals surface area contributed by atoms with Crippen LogP contribution in [0.5, 0.6) is 0 Å². The monoisotopic (exact) mass is 425 g/mol. The Hall–Kier alpha value is -3.67. The molecule has 0 saturated carbocycles. The van der Waals surface area contributed by atoms with Crippen LogP contribution in [0.1, 0.15) is 13.8 Å². The van der Waals surface area contributed by atoms with E-state index in [-0.39, 0.29) is 12.1 Å². The third-order valence-corrected chi connectivity index (χ3v) is 6.30. The number of benzene rings is 3. The Morgan fingerprint density at radius 3 is 2.53 bits per heavy atom. The average Bonchev–Trinajstić information content (AvgIpc) is 2.83. The Balaban J connectivity index is 1.39. The highest BCUT2D eigenvalue weighted by molar-refractivity contribution is 6.01. The summed E-state index contributed by atoms with van der Waals surface area (Å²) >= 11 is 0. The standard InChI is InChI=1S/C26H27N5O/c1-18(2)24-16-30(25-21-11-5-6-12-22(21)27-17-28-25)14-15-31(24)26(32)29-23-13-7-9-19-8-3-4-10-20(19)23/h3-13,17-18,24H,14-16H2,1-2H3,(H,29,32). The molecule has 1 saturated heterocycles. The Morgan fingerprint density at radius 2 is 1.69 bits per heavy atom. The minimum absolute atomic E-state index is 0.0488. The number of carbonyl (C=O) groups is 1. The zero-order valence-electron chi connectivity index (χ0n) is 18.4. The highest BCUT2D eigenvalue weighted by Gasteiger charge is 2.33. The predicted octanol–water partition coefficient (Wildman–Crippen LogP) is 5.16. The molecular weight excluding hydrogens is 398 g/mol. The first-order valence-corrected chi connectivity index (χ1v) is 11.1. The molecule has 3 aromatic carbocycles. The van der Waals surface area contributed by atoms with Crippen LogP contribution in [0.2, 0.25) is 0 Å². The Morgan fingerprint density at radius 1 is 0.938 bits per heavy atom. The first-order chi connectivity index (χ1) is 15.6. The fraction of sp³-hybridized carbons (Fsp3) is 0.269. The third kappa shape index (κ3) is 3.73. The maximum Gasteiger partial charge on any atom is 0.322 e. The SMILES string of the molecule is CC(C)C1CN(c2ncnc3ccccc23)CCN1C(=O)Nc1cccc2ccccc12. The minimum Gasteiger partial charge on any atom is -0.352 e. The van der Waals surface area contributed by atoms with Gasteiger partial charge in [-0.2, -0.15) is 0 Å². The molecule has 32 heavy (non-hydrogen) atoms. The van der Waals surface area contributed by atoms with Crippen LogP contribution in [0.15, 0.2) is 73.1 Å². The van der Waals surface area contributed by atoms with Gasteiger partial charge in [-0.15, -0.1) is 0 Å². The van der Waals surface area contributed by atoms with Crippen molar-refractivity contribution in [2.24, 2.45) is 5.92 Å². The second kappa shape index (κ2) is 8.46. The number of nitrogens with zero attached hydrogens (tertiary/aromatic N) is 4. The number of rotatable bonds is 3. The molecule has 0 spiro atoms. The van der Waals surface area contributed by atoms with E-state index in [4.69, 9.17) is 0 Å². The lowest BCUT2D eigenvalue weighted by Crippen LogP contribution is -2.58. The van der Waals surface area contributed by atoms with Crippen LogP contribution in [0.3, 0.4) is 0 Å². The van der Waals surface area contributed by atoms with Crippen molar-refractivity contribution in [2.45, 2.75) is 19.9 Å². The molecule has 1 aliphatic heterocycles. The maximum atomic E-state index is 13.4. The van der Waals surface area contributed by atoms with E-state index in [0.717, 1.165) is 46.3 Å². The van der Waals surface area contributed by atoms with Gasteiger partial charge in [-0.1, -0.05) is 62.4 Å². The number of fused-ring (bicyclic) bond motifs is 2. The molecule has 5 rings (SSSR count). The predicted molar refractivity (Wildman–Crippen MR) is 130 cm³/mol. The van der Waals surface area contributed by atoms with Gasteiger partial charge in [0.2, 0.25) is 0 Å². The lowest BCUT2D eigenvalue weighted by molar-refractivity contribution is 0.156. The van der Waals surface area contributed by atoms with E-state index in [1.54, 1.807) is 6.33 Å². The van der Waals surface area contributed by atoms with Gasteiger partial charge in [0.25, 0.3) is 0 Å². The molecule has 4 aromatic rings. The fourth-order valence-electron chi connectivity index (χ4n) is 4.59. The van der Waals surface area contributed by atoms with Gasteiger partial charge in [-0.3, -0.25) is 0 Å². The number of aromatic nitrogens is 2. The Bertz CT molecular complexity index is 1260. The van der Waals surface area contributed by atoms with Crippen molar-refractivity contribution in [2.75, 3.05) is 29.9 Å². The van der Waals surface area contributed by atoms with Crippen molar-refractivity contribution < 1.29 is 4.79 Å². The van der Waals surface area contributed by atoms with E-state index in [9.17, 15) is 4.79 Å². The number of urea groups is 1. The molecule has 2 heterocycles. The molecule has 1 N–H and O–H groups in total. The van der Waals surface area contributed by atoms with Crippen molar-refractivity contribution in [3.8, 4) is 0 Å². The number of nitrogens with one attached hydrogen (secondary N) is 1. The second-order valence-electron chi connectivity index (χ2n) is 8.62. The van der Waals surface area contributed by atoms with E-state index >= 15 is 0 Å². The van der Waals surface area contributed by atoms with Crippen LogP contribution in [0.4, 0.5) is 16.3 Å². The highest BCUT2D eigenvalue weighted by atomic mass is 16.2. The van der Waals surface area contributed by atoms with E-state index in [1.165, 1.54) is 0 Å². The topological polar surface area (TPSA) is 61.4 Å². The molecule has 1 fully saturated rings. The Kier molecular flexibility index (Phi) is 5.35. The van der Waals surface area contributed by atoms with Gasteiger partial charge in [-0.25, -0.2) is 14.8 Å². The zero-order valence-corrected chi connectivity index (χ0v) is 18.4. The zero-order chi connectivity index (χ0) is 22.1. The molecular formula is C26H27N5O. The van der Waals surface area contributed by atoms with E-state index < -0.39 is 0 Å². The van der Waals surface area contributed by atoms with Crippen LogP contribution >= 0.6 is 0 Å². The van der Waals surface area contributed by atoms with Crippen LogP contribution < -0.4 is 10.2 Å². The number of anilines is 2. The number of amides is 2. The fourth-order valence-corrected chi connectivity index (χ4v) is 4.59. The largest absolute Gasteiger partial charge is 0.352 e. The van der Waals surface area contributed by atoms with Crippen LogP contribution in [0, 0.1) is 5.92 Å². The lowest BCUT2D eigenvalue weighted by Gasteiger charge is -2.43. The smallest absolute Gasteiger partial charge is 0.322 e. The van der Waals surface area contributed by atoms with E-state index in [2.05, 4.69) is 52.2 Å². The molecule has 2 amide bonds. The second-order valence-corrected chi connectivity index (χ2v) is 8.62. The number of carbonyl (C=O) groups excluding carboxylic acids is 1. The molecule has 1 aliphatic rings. The van der Waals surface area contributed by atoms with Gasteiger partial charge in [0, 0.05) is 30.4 Å². The summed E-state index contributed by atoms with van der Waals surface area (Å²) in [5, 5.41) is 6.38. The summed E-state index contributed by atoms with van der Waals surface area (Å²) in [5.41, 5.74) is 1.79. The lowest BCUT2D eigenvalue weighted by atomic mass is 9.99. The van der Waals surface area contributed by atoms with Crippen LogP contribution in [0.25, 0.3) is 21.7 Å². The molecule has 1 aromatic heterocycles. The van der Waals surface area contributed by atoms with Crippen molar-refractivity contribution in [1.29, 1.82) is 0 Å². The molecule has 6 nitrogen and oxygen atoms in total. The molecule has 1 unspecified atom stereocenters. The van der Waals surface area contributed by atoms with Gasteiger partial charge >= 0.3 is 6.03 Å². The normalized spacial score (nSPS) is 16.7. The molecule has 0 bridgehead atoms. The summed E-state index contributed by atoms with van der Waals surface area (Å²) in [6.07, 6.45) is 1.63. The number of hydrogen-bond acceptors (Lipinski definition) is 4. The van der Waals surface area contributed by atoms with Crippen LogP contribution in [-0.4, -0.2) is 46.6 Å². The van der Waals surface area contributed by atoms with Gasteiger partial charge in [-0.05, 0) is 29.5 Å². The minimum atomic E-state index is -0.0488. The molecule has 6 heteroatoms. The molecule has 0 aliphatic carbocycles. The Labute approximate surface area is 187 Å². The van der Waals surface area contributed by atoms with Gasteiger partial charge in [0.05, 0.1) is 17.2 Å². The van der Waals surface area contributed by atoms with Gasteiger partial charge in [0.15, 0.2) is 0 Å². The summed E-state index contributed by atoms with van der Waals surface area (Å²) in [4.78, 5) is 26.6. The van der Waals surface area contributed by atoms with Crippen molar-refractivity contribution in [1.82, 2.24) is 14.9 Å². The van der Waals surface area contributed by atoms with Gasteiger partial charge < -0.3 is 15.1 Å². The third-order valence-electron chi connectivity index (χ3n) is 6.30. The quantitative estimate of drug-likeness (QED) is 0.492. The summed E-state index contributed by atoms with van der Waals surface area (Å²) in [5.74, 6) is 1.25. The number of piperazine rings is 1. The molecule has 1 atom stereocenters. The summed E-state index contributed by atoms with van der Waals surface area (Å²) in [7, 11) is 0. The first-order valence-electron chi connectivity index (χ1n) is 11.1. The number of hydrogen-bond donors (Lipinski definition) is 1. The number of para-hydroxylation sites is 1. The maximum absolute atomic E-state index is 13.4. The van der Waals surface area contributed by atoms with Crippen molar-refractivity contribution >= 4 is 39.2 Å². The summed E-state index contributed by atoms with van der Waals surface area (Å²) < 4.78 is 0. The van der Waals surface area contributed by atoms with Gasteiger partial charge in [0.1, 0.15) is 12.1 Å². The highest BCUT2D eigenvalue weighted by Crippen LogP contribution is 2.28. The van der Waals surface area contributed by atoms with E-state index in [1.807, 2.05) is 53.4 Å². The van der Waals surface area contributed by atoms with Crippen molar-refractivity contribution in [3.05, 3.63) is 73.1 Å². The molecule has 162 valence electrons. The summed E-state index contributed by atoms with van der Waals surface area (Å²) in [6.45, 7) is 6.45. The van der Waals surface area contributed by atoms with Crippen molar-refractivity contribution in [3.63, 3.8) is 0 Å².